The molecule has 0 saturated carbocycles. The molecule has 16 heteroatoms. The van der Waals surface area contributed by atoms with Crippen LogP contribution in [0.25, 0.3) is 0 Å². The van der Waals surface area contributed by atoms with E-state index in [2.05, 4.69) is 10.6 Å². The normalized spacial score (nSPS) is 19.7. The second-order valence-corrected chi connectivity index (χ2v) is 18.7. The number of carbonyl (C=O) groups is 6. The maximum atomic E-state index is 14.7. The minimum Gasteiger partial charge on any atom is -0.464 e. The van der Waals surface area contributed by atoms with Crippen molar-refractivity contribution in [2.75, 3.05) is 13.2 Å². The fourth-order valence-electron chi connectivity index (χ4n) is 8.77. The smallest absolute Gasteiger partial charge is 0.323 e. The van der Waals surface area contributed by atoms with E-state index >= 15 is 0 Å². The molecule has 16 nitrogen and oxygen atoms in total. The molecular formula is C54H66N4O12. The van der Waals surface area contributed by atoms with Gasteiger partial charge in [-0.05, 0) is 58.1 Å². The molecule has 0 unspecified atom stereocenters. The number of aliphatic hydroxyl groups excluding tert-OH is 2. The Morgan fingerprint density at radius 3 is 1.24 bits per heavy atom. The molecule has 6 rings (SSSR count). The molecule has 0 aliphatic heterocycles. The number of ketones is 2. The van der Waals surface area contributed by atoms with Crippen LogP contribution < -0.4 is 22.1 Å². The largest absolute Gasteiger partial charge is 0.464 e. The zero-order chi connectivity index (χ0) is 50.5. The summed E-state index contributed by atoms with van der Waals surface area (Å²) in [6.07, 6.45) is -7.64. The van der Waals surface area contributed by atoms with Crippen molar-refractivity contribution in [3.63, 3.8) is 0 Å². The second kappa shape index (κ2) is 25.1. The number of fused-ring (bicyclic) bond motifs is 2. The molecule has 374 valence electrons. The van der Waals surface area contributed by atoms with Crippen molar-refractivity contribution in [2.45, 2.75) is 115 Å². The van der Waals surface area contributed by atoms with Gasteiger partial charge in [0.25, 0.3) is 11.8 Å². The summed E-state index contributed by atoms with van der Waals surface area (Å²) >= 11 is 0. The highest BCUT2D eigenvalue weighted by molar-refractivity contribution is 5.89. The van der Waals surface area contributed by atoms with Gasteiger partial charge in [-0.3, -0.25) is 28.8 Å². The van der Waals surface area contributed by atoms with E-state index in [1.165, 1.54) is 0 Å². The monoisotopic (exact) mass is 962 g/mol. The number of hydrogen-bond acceptors (Lipinski definition) is 14. The van der Waals surface area contributed by atoms with E-state index in [4.69, 9.17) is 30.4 Å². The molecule has 2 amide bonds. The lowest BCUT2D eigenvalue weighted by atomic mass is 9.92. The van der Waals surface area contributed by atoms with Crippen LogP contribution in [0.4, 0.5) is 0 Å². The lowest BCUT2D eigenvalue weighted by Gasteiger charge is -2.33. The standard InChI is InChI=1S/C54H66N4O12/c1-31(2)43(55)53(65)67-25-23-41(59)39-27-35-19-11-13-21-37(35)45(39)57-51(63)49(69-29-33-15-7-5-8-16-33)47(61)48(62)50(70-30-34-17-9-6-10-18-34)52(64)58-46-38-22-14-12-20-36(38)28-40(46)42(60)24-26-68-54(66)44(56)32(3)4/h5-22,31-32,39-40,43-50,61-62H,23-30,55-56H2,1-4H3,(H,57,63)(H,58,64)/t39-,40-,43-,44-,45+,46+,47+,48+,49+,50+/m0/s1. The van der Waals surface area contributed by atoms with Crippen LogP contribution in [0.3, 0.4) is 0 Å². The van der Waals surface area contributed by atoms with Gasteiger partial charge in [-0.25, -0.2) is 0 Å². The molecular weight excluding hydrogens is 897 g/mol. The van der Waals surface area contributed by atoms with Crippen molar-refractivity contribution >= 4 is 35.3 Å². The summed E-state index contributed by atoms with van der Waals surface area (Å²) in [4.78, 5) is 82.0. The first-order chi connectivity index (χ1) is 33.5. The minimum absolute atomic E-state index is 0.148. The van der Waals surface area contributed by atoms with Gasteiger partial charge in [0.2, 0.25) is 0 Å². The number of aliphatic hydroxyl groups is 2. The van der Waals surface area contributed by atoms with Crippen molar-refractivity contribution < 1.29 is 57.9 Å². The number of ether oxygens (including phenoxy) is 4. The van der Waals surface area contributed by atoms with Crippen molar-refractivity contribution in [1.82, 2.24) is 10.6 Å². The topological polar surface area (TPSA) is 256 Å². The average molecular weight is 963 g/mol. The van der Waals surface area contributed by atoms with Crippen molar-refractivity contribution in [3.8, 4) is 0 Å². The summed E-state index contributed by atoms with van der Waals surface area (Å²) in [5.74, 6) is -5.53. The Hall–Kier alpha value is -6.14. The molecule has 0 heterocycles. The zero-order valence-corrected chi connectivity index (χ0v) is 40.1. The lowest BCUT2D eigenvalue weighted by Crippen LogP contribution is -2.57. The van der Waals surface area contributed by atoms with Gasteiger partial charge in [0, 0.05) is 24.7 Å². The maximum Gasteiger partial charge on any atom is 0.323 e. The number of hydrogen-bond donors (Lipinski definition) is 6. The lowest BCUT2D eigenvalue weighted by molar-refractivity contribution is -0.171. The molecule has 8 N–H and O–H groups in total. The summed E-state index contributed by atoms with van der Waals surface area (Å²) in [5, 5.41) is 30.2. The molecule has 0 spiro atoms. The molecule has 0 fully saturated rings. The molecule has 4 aromatic rings. The van der Waals surface area contributed by atoms with E-state index in [9.17, 15) is 39.0 Å². The highest BCUT2D eigenvalue weighted by Crippen LogP contribution is 2.39. The van der Waals surface area contributed by atoms with Gasteiger partial charge < -0.3 is 51.3 Å². The third-order valence-electron chi connectivity index (χ3n) is 13.1. The van der Waals surface area contributed by atoms with E-state index in [0.29, 0.717) is 22.3 Å². The Balaban J connectivity index is 1.25. The molecule has 0 bridgehead atoms. The number of benzene rings is 4. The fourth-order valence-corrected chi connectivity index (χ4v) is 8.77. The number of Topliss-reactive ketones (excluding diaryl/α,β-unsaturated/α-hetero) is 2. The molecule has 70 heavy (non-hydrogen) atoms. The van der Waals surface area contributed by atoms with Crippen molar-refractivity contribution in [3.05, 3.63) is 143 Å². The van der Waals surface area contributed by atoms with Crippen LogP contribution in [0, 0.1) is 23.7 Å². The maximum absolute atomic E-state index is 14.7. The average Bonchev–Trinajstić information content (AvgIpc) is 3.91. The van der Waals surface area contributed by atoms with E-state index in [1.54, 1.807) is 113 Å². The number of amides is 2. The summed E-state index contributed by atoms with van der Waals surface area (Å²) < 4.78 is 23.0. The van der Waals surface area contributed by atoms with Crippen LogP contribution >= 0.6 is 0 Å². The van der Waals surface area contributed by atoms with Crippen LogP contribution in [-0.4, -0.2) is 95.2 Å². The summed E-state index contributed by atoms with van der Waals surface area (Å²) in [6.45, 7) is 6.32. The zero-order valence-electron chi connectivity index (χ0n) is 40.1. The number of nitrogens with one attached hydrogen (secondary N) is 2. The quantitative estimate of drug-likeness (QED) is 0.0516. The summed E-state index contributed by atoms with van der Waals surface area (Å²) in [5.41, 5.74) is 16.1. The van der Waals surface area contributed by atoms with Crippen LogP contribution in [0.2, 0.25) is 0 Å². The first kappa shape index (κ1) is 53.2. The fraction of sp³-hybridized carbons (Fsp3) is 0.444. The molecule has 10 atom stereocenters. The molecule has 0 radical (unpaired) electrons. The second-order valence-electron chi connectivity index (χ2n) is 18.7. The van der Waals surface area contributed by atoms with Gasteiger partial charge in [-0.1, -0.05) is 137 Å². The van der Waals surface area contributed by atoms with Gasteiger partial charge in [-0.2, -0.15) is 0 Å². The van der Waals surface area contributed by atoms with Crippen LogP contribution in [0.15, 0.2) is 109 Å². The van der Waals surface area contributed by atoms with E-state index < -0.39 is 84.2 Å². The van der Waals surface area contributed by atoms with Crippen molar-refractivity contribution in [1.29, 1.82) is 0 Å². The van der Waals surface area contributed by atoms with E-state index in [-0.39, 0.29) is 75.5 Å². The van der Waals surface area contributed by atoms with E-state index in [1.807, 2.05) is 24.3 Å². The molecule has 0 aromatic heterocycles. The number of carbonyl (C=O) groups excluding carboxylic acids is 6. The molecule has 2 aliphatic carbocycles. The Morgan fingerprint density at radius 2 is 0.886 bits per heavy atom. The summed E-state index contributed by atoms with van der Waals surface area (Å²) in [6, 6.07) is 28.6. The Kier molecular flexibility index (Phi) is 19.1. The SMILES string of the molecule is CC(C)[C@H](N)C(=O)OCCC(=O)[C@@H]1Cc2ccccc2[C@H]1NC(=O)[C@H](OCc1ccccc1)[C@H](O)[C@@H](O)[C@@H](OCc1ccccc1)C(=O)N[C@@H]1c2ccccc2C[C@H]1C(=O)CCOC(=O)[C@@H](N)C(C)C. The number of rotatable bonds is 25. The first-order valence-corrected chi connectivity index (χ1v) is 23.9. The molecule has 2 aliphatic rings. The predicted octanol–water partition coefficient (Wildman–Crippen LogP) is 3.91. The Morgan fingerprint density at radius 1 is 0.543 bits per heavy atom. The van der Waals surface area contributed by atoms with Gasteiger partial charge in [-0.15, -0.1) is 0 Å². The number of esters is 2. The minimum atomic E-state index is -2.11. The van der Waals surface area contributed by atoms with Crippen LogP contribution in [-0.2, 0) is 73.8 Å². The Bertz CT molecular complexity index is 2250. The van der Waals surface area contributed by atoms with Gasteiger partial charge in [0.1, 0.15) is 35.9 Å². The van der Waals surface area contributed by atoms with Gasteiger partial charge in [0.15, 0.2) is 12.2 Å². The summed E-state index contributed by atoms with van der Waals surface area (Å²) in [7, 11) is 0. The highest BCUT2D eigenvalue weighted by Gasteiger charge is 2.46. The van der Waals surface area contributed by atoms with E-state index in [0.717, 1.165) is 11.1 Å². The third-order valence-corrected chi connectivity index (χ3v) is 13.1. The third kappa shape index (κ3) is 13.6. The van der Waals surface area contributed by atoms with Gasteiger partial charge in [0.05, 0.1) is 38.5 Å². The van der Waals surface area contributed by atoms with Crippen LogP contribution in [0.5, 0.6) is 0 Å². The highest BCUT2D eigenvalue weighted by atomic mass is 16.5. The molecule has 4 aromatic carbocycles. The van der Waals surface area contributed by atoms with Gasteiger partial charge >= 0.3 is 11.9 Å². The van der Waals surface area contributed by atoms with Crippen molar-refractivity contribution in [2.24, 2.45) is 35.1 Å². The Labute approximate surface area is 408 Å². The predicted molar refractivity (Wildman–Crippen MR) is 258 cm³/mol. The number of nitrogens with two attached hydrogens (primary N) is 2. The first-order valence-electron chi connectivity index (χ1n) is 23.9. The van der Waals surface area contributed by atoms with Crippen LogP contribution in [0.1, 0.15) is 86.0 Å². The molecule has 0 saturated heterocycles.